The molecule has 1 aliphatic carbocycles. The molecule has 0 bridgehead atoms. The predicted molar refractivity (Wildman–Crippen MR) is 61.2 cm³/mol. The van der Waals surface area contributed by atoms with Gasteiger partial charge in [0.2, 0.25) is 0 Å². The summed E-state index contributed by atoms with van der Waals surface area (Å²) in [6, 6.07) is 4.94. The lowest BCUT2D eigenvalue weighted by molar-refractivity contribution is 0.268. The van der Waals surface area contributed by atoms with Gasteiger partial charge in [0.05, 0.1) is 5.69 Å². The van der Waals surface area contributed by atoms with E-state index in [9.17, 15) is 0 Å². The number of aromatic nitrogens is 1. The summed E-state index contributed by atoms with van der Waals surface area (Å²) in [4.78, 5) is 6.82. The van der Waals surface area contributed by atoms with E-state index < -0.39 is 0 Å². The van der Waals surface area contributed by atoms with Crippen LogP contribution in [-0.4, -0.2) is 22.5 Å². The van der Waals surface area contributed by atoms with E-state index in [4.69, 9.17) is 5.73 Å². The highest BCUT2D eigenvalue weighted by Crippen LogP contribution is 2.28. The van der Waals surface area contributed by atoms with Crippen molar-refractivity contribution >= 4 is 0 Å². The molecule has 0 unspecified atom stereocenters. The average molecular weight is 205 g/mol. The molecular weight excluding hydrogens is 186 g/mol. The fourth-order valence-electron chi connectivity index (χ4n) is 1.96. The molecule has 0 spiro atoms. The Kier molecular flexibility index (Phi) is 3.34. The molecule has 0 amide bonds. The number of nitrogens with two attached hydrogens (primary N) is 1. The molecule has 82 valence electrons. The lowest BCUT2D eigenvalue weighted by Crippen LogP contribution is -2.26. The van der Waals surface area contributed by atoms with Gasteiger partial charge in [-0.2, -0.15) is 0 Å². The zero-order chi connectivity index (χ0) is 10.7. The molecule has 1 aromatic rings. The van der Waals surface area contributed by atoms with E-state index in [0.717, 1.165) is 24.8 Å². The van der Waals surface area contributed by atoms with Gasteiger partial charge in [-0.1, -0.05) is 13.0 Å². The van der Waals surface area contributed by atoms with Crippen LogP contribution in [0.1, 0.15) is 31.0 Å². The quantitative estimate of drug-likeness (QED) is 0.792. The Morgan fingerprint density at radius 3 is 2.93 bits per heavy atom. The summed E-state index contributed by atoms with van der Waals surface area (Å²) in [6.07, 6.45) is 4.53. The topological polar surface area (TPSA) is 42.2 Å². The average Bonchev–Trinajstić information content (AvgIpc) is 3.10. The third kappa shape index (κ3) is 2.55. The van der Waals surface area contributed by atoms with Crippen LogP contribution >= 0.6 is 0 Å². The summed E-state index contributed by atoms with van der Waals surface area (Å²) in [6.45, 7) is 4.88. The van der Waals surface area contributed by atoms with E-state index in [0.29, 0.717) is 6.54 Å². The maximum Gasteiger partial charge on any atom is 0.0584 e. The van der Waals surface area contributed by atoms with Gasteiger partial charge in [0, 0.05) is 25.3 Å². The molecule has 2 N–H and O–H groups in total. The van der Waals surface area contributed by atoms with Crippen LogP contribution in [0.2, 0.25) is 0 Å². The molecule has 0 saturated heterocycles. The molecular formula is C12H19N3. The molecule has 1 heterocycles. The lowest BCUT2D eigenvalue weighted by atomic mass is 10.1. The SMILES string of the molecule is CCN(Cc1cccnc1CN)C1CC1. The molecule has 0 atom stereocenters. The molecule has 2 rings (SSSR count). The number of rotatable bonds is 5. The van der Waals surface area contributed by atoms with Crippen LogP contribution in [0.5, 0.6) is 0 Å². The minimum absolute atomic E-state index is 0.540. The Labute approximate surface area is 91.3 Å². The van der Waals surface area contributed by atoms with Crippen LogP contribution in [0, 0.1) is 0 Å². The highest BCUT2D eigenvalue weighted by Gasteiger charge is 2.27. The first-order valence-electron chi connectivity index (χ1n) is 5.72. The molecule has 1 aromatic heterocycles. The van der Waals surface area contributed by atoms with Crippen LogP contribution < -0.4 is 5.73 Å². The van der Waals surface area contributed by atoms with Gasteiger partial charge in [-0.15, -0.1) is 0 Å². The molecule has 1 aliphatic rings. The first-order valence-corrected chi connectivity index (χ1v) is 5.72. The van der Waals surface area contributed by atoms with Gasteiger partial charge in [-0.05, 0) is 31.0 Å². The van der Waals surface area contributed by atoms with Gasteiger partial charge in [0.1, 0.15) is 0 Å². The standard InChI is InChI=1S/C12H19N3/c1-2-15(11-5-6-11)9-10-4-3-7-14-12(10)8-13/h3-4,7,11H,2,5-6,8-9,13H2,1H3. The second kappa shape index (κ2) is 4.73. The summed E-state index contributed by atoms with van der Waals surface area (Å²) in [7, 11) is 0. The van der Waals surface area contributed by atoms with Gasteiger partial charge < -0.3 is 5.73 Å². The number of nitrogens with zero attached hydrogens (tertiary/aromatic N) is 2. The molecule has 15 heavy (non-hydrogen) atoms. The van der Waals surface area contributed by atoms with Crippen molar-refractivity contribution in [1.82, 2.24) is 9.88 Å². The maximum absolute atomic E-state index is 5.68. The van der Waals surface area contributed by atoms with Crippen molar-refractivity contribution in [3.63, 3.8) is 0 Å². The zero-order valence-corrected chi connectivity index (χ0v) is 9.32. The summed E-state index contributed by atoms with van der Waals surface area (Å²) < 4.78 is 0. The van der Waals surface area contributed by atoms with Crippen molar-refractivity contribution in [3.05, 3.63) is 29.6 Å². The first kappa shape index (κ1) is 10.6. The van der Waals surface area contributed by atoms with Gasteiger partial charge in [-0.3, -0.25) is 9.88 Å². The summed E-state index contributed by atoms with van der Waals surface area (Å²) in [5, 5.41) is 0. The van der Waals surface area contributed by atoms with E-state index >= 15 is 0 Å². The highest BCUT2D eigenvalue weighted by atomic mass is 15.2. The monoisotopic (exact) mass is 205 g/mol. The summed E-state index contributed by atoms with van der Waals surface area (Å²) in [5.74, 6) is 0. The normalized spacial score (nSPS) is 15.9. The Morgan fingerprint density at radius 1 is 1.53 bits per heavy atom. The lowest BCUT2D eigenvalue weighted by Gasteiger charge is -2.20. The molecule has 3 nitrogen and oxygen atoms in total. The van der Waals surface area contributed by atoms with Crippen LogP contribution in [0.15, 0.2) is 18.3 Å². The second-order valence-corrected chi connectivity index (χ2v) is 4.11. The zero-order valence-electron chi connectivity index (χ0n) is 9.32. The predicted octanol–water partition coefficient (Wildman–Crippen LogP) is 1.52. The van der Waals surface area contributed by atoms with Crippen LogP contribution in [-0.2, 0) is 13.1 Å². The first-order chi connectivity index (χ1) is 7.35. The number of hydrogen-bond donors (Lipinski definition) is 1. The molecule has 0 aromatic carbocycles. The Balaban J connectivity index is 2.07. The molecule has 1 saturated carbocycles. The highest BCUT2D eigenvalue weighted by molar-refractivity contribution is 5.19. The fraction of sp³-hybridized carbons (Fsp3) is 0.583. The number of pyridine rings is 1. The minimum atomic E-state index is 0.540. The van der Waals surface area contributed by atoms with E-state index in [2.05, 4.69) is 22.9 Å². The fourth-order valence-corrected chi connectivity index (χ4v) is 1.96. The number of hydrogen-bond acceptors (Lipinski definition) is 3. The van der Waals surface area contributed by atoms with E-state index in [1.54, 1.807) is 0 Å². The van der Waals surface area contributed by atoms with E-state index in [1.807, 2.05) is 12.3 Å². The van der Waals surface area contributed by atoms with E-state index in [1.165, 1.54) is 18.4 Å². The van der Waals surface area contributed by atoms with Crippen molar-refractivity contribution in [3.8, 4) is 0 Å². The minimum Gasteiger partial charge on any atom is -0.325 e. The summed E-state index contributed by atoms with van der Waals surface area (Å²) >= 11 is 0. The third-order valence-corrected chi connectivity index (χ3v) is 3.02. The van der Waals surface area contributed by atoms with Crippen molar-refractivity contribution in [2.75, 3.05) is 6.54 Å². The largest absolute Gasteiger partial charge is 0.325 e. The molecule has 0 radical (unpaired) electrons. The van der Waals surface area contributed by atoms with Crippen LogP contribution in [0.25, 0.3) is 0 Å². The van der Waals surface area contributed by atoms with Gasteiger partial charge >= 0.3 is 0 Å². The Morgan fingerprint density at radius 2 is 2.33 bits per heavy atom. The van der Waals surface area contributed by atoms with Crippen molar-refractivity contribution < 1.29 is 0 Å². The van der Waals surface area contributed by atoms with Crippen molar-refractivity contribution in [1.29, 1.82) is 0 Å². The van der Waals surface area contributed by atoms with E-state index in [-0.39, 0.29) is 0 Å². The van der Waals surface area contributed by atoms with Crippen molar-refractivity contribution in [2.45, 2.75) is 38.9 Å². The second-order valence-electron chi connectivity index (χ2n) is 4.11. The third-order valence-electron chi connectivity index (χ3n) is 3.02. The van der Waals surface area contributed by atoms with Gasteiger partial charge in [0.25, 0.3) is 0 Å². The molecule has 1 fully saturated rings. The van der Waals surface area contributed by atoms with Gasteiger partial charge in [0.15, 0.2) is 0 Å². The smallest absolute Gasteiger partial charge is 0.0584 e. The molecule has 3 heteroatoms. The van der Waals surface area contributed by atoms with Crippen LogP contribution in [0.3, 0.4) is 0 Å². The Bertz CT molecular complexity index is 320. The van der Waals surface area contributed by atoms with Crippen molar-refractivity contribution in [2.24, 2.45) is 5.73 Å². The molecule has 0 aliphatic heterocycles. The maximum atomic E-state index is 5.68. The van der Waals surface area contributed by atoms with Crippen LogP contribution in [0.4, 0.5) is 0 Å². The van der Waals surface area contributed by atoms with Gasteiger partial charge in [-0.25, -0.2) is 0 Å². The summed E-state index contributed by atoms with van der Waals surface area (Å²) in [5.41, 5.74) is 8.00. The Hall–Kier alpha value is -0.930.